The minimum absolute atomic E-state index is 0.147. The number of rotatable bonds is 25. The van der Waals surface area contributed by atoms with E-state index in [4.69, 9.17) is 9.47 Å². The van der Waals surface area contributed by atoms with Gasteiger partial charge in [0.05, 0.1) is 25.4 Å². The largest absolute Gasteiger partial charge is 0.394 e. The zero-order chi connectivity index (χ0) is 31.0. The number of aliphatic hydroxyl groups is 5. The fourth-order valence-corrected chi connectivity index (χ4v) is 5.01. The van der Waals surface area contributed by atoms with Gasteiger partial charge in [0.2, 0.25) is 5.91 Å². The van der Waals surface area contributed by atoms with Gasteiger partial charge in [-0.2, -0.15) is 0 Å². The van der Waals surface area contributed by atoms with Crippen molar-refractivity contribution in [3.05, 3.63) is 24.3 Å². The Morgan fingerprint density at radius 3 is 2.07 bits per heavy atom. The summed E-state index contributed by atoms with van der Waals surface area (Å²) in [5.41, 5.74) is 0. The van der Waals surface area contributed by atoms with Crippen LogP contribution in [0.5, 0.6) is 0 Å². The summed E-state index contributed by atoms with van der Waals surface area (Å²) < 4.78 is 11.1. The molecule has 9 heteroatoms. The van der Waals surface area contributed by atoms with Crippen LogP contribution in [-0.4, -0.2) is 87.5 Å². The first-order chi connectivity index (χ1) is 20.3. The Hall–Kier alpha value is -1.33. The van der Waals surface area contributed by atoms with Gasteiger partial charge in [-0.1, -0.05) is 95.9 Å². The quantitative estimate of drug-likeness (QED) is 0.0667. The molecular formula is C33H61NO8. The fraction of sp³-hybridized carbons (Fsp3) is 0.848. The van der Waals surface area contributed by atoms with Gasteiger partial charge in [0.15, 0.2) is 6.29 Å². The third-order valence-electron chi connectivity index (χ3n) is 7.81. The van der Waals surface area contributed by atoms with E-state index in [1.165, 1.54) is 25.7 Å². The average molecular weight is 600 g/mol. The fourth-order valence-electron chi connectivity index (χ4n) is 5.01. The second-order valence-electron chi connectivity index (χ2n) is 11.6. The van der Waals surface area contributed by atoms with E-state index in [-0.39, 0.29) is 12.5 Å². The maximum absolute atomic E-state index is 12.7. The molecule has 0 aromatic carbocycles. The van der Waals surface area contributed by atoms with Gasteiger partial charge >= 0.3 is 0 Å². The van der Waals surface area contributed by atoms with E-state index in [0.29, 0.717) is 12.8 Å². The van der Waals surface area contributed by atoms with Gasteiger partial charge < -0.3 is 40.3 Å². The Balaban J connectivity index is 2.37. The van der Waals surface area contributed by atoms with Crippen LogP contribution in [0, 0.1) is 0 Å². The summed E-state index contributed by atoms with van der Waals surface area (Å²) in [5, 5.41) is 53.4. The van der Waals surface area contributed by atoms with Crippen molar-refractivity contribution in [3.8, 4) is 0 Å². The van der Waals surface area contributed by atoms with Gasteiger partial charge in [-0.3, -0.25) is 4.79 Å². The van der Waals surface area contributed by atoms with E-state index in [9.17, 15) is 30.3 Å². The highest BCUT2D eigenvalue weighted by Gasteiger charge is 2.44. The summed E-state index contributed by atoms with van der Waals surface area (Å²) in [7, 11) is 0. The van der Waals surface area contributed by atoms with Crippen LogP contribution in [0.25, 0.3) is 0 Å². The number of aliphatic hydroxyl groups excluding tert-OH is 5. The Bertz CT molecular complexity index is 716. The molecule has 0 spiro atoms. The minimum Gasteiger partial charge on any atom is -0.394 e. The van der Waals surface area contributed by atoms with Gasteiger partial charge in [-0.05, 0) is 44.9 Å². The average Bonchev–Trinajstić information content (AvgIpc) is 2.98. The first-order valence-electron chi connectivity index (χ1n) is 16.5. The standard InChI is InChI=1S/C33H61NO8/c1-3-5-7-9-10-11-12-13-14-15-16-17-18-19-21-23-29(37)34-26(27(36)22-20-8-6-4-2)25-41-33-32(40)31(39)30(38)28(24-35)42-33/h10-11,13-14,26-28,30-33,35-36,38-40H,3-9,12,15-25H2,1-2H3,(H,34,37)/b11-10-,14-13-. The molecule has 246 valence electrons. The van der Waals surface area contributed by atoms with Crippen molar-refractivity contribution >= 4 is 5.91 Å². The van der Waals surface area contributed by atoms with Gasteiger partial charge in [-0.15, -0.1) is 0 Å². The highest BCUT2D eigenvalue weighted by Crippen LogP contribution is 2.22. The number of allylic oxidation sites excluding steroid dienone is 4. The minimum atomic E-state index is -1.55. The highest BCUT2D eigenvalue weighted by molar-refractivity contribution is 5.76. The lowest BCUT2D eigenvalue weighted by Gasteiger charge is -2.40. The summed E-state index contributed by atoms with van der Waals surface area (Å²) >= 11 is 0. The molecule has 42 heavy (non-hydrogen) atoms. The molecule has 9 nitrogen and oxygen atoms in total. The lowest BCUT2D eigenvalue weighted by Crippen LogP contribution is -2.60. The van der Waals surface area contributed by atoms with Crippen LogP contribution in [0.1, 0.15) is 123 Å². The van der Waals surface area contributed by atoms with Crippen LogP contribution in [-0.2, 0) is 14.3 Å². The molecule has 1 rings (SSSR count). The molecule has 0 saturated carbocycles. The molecule has 7 unspecified atom stereocenters. The zero-order valence-electron chi connectivity index (χ0n) is 26.2. The number of hydrogen-bond donors (Lipinski definition) is 6. The summed E-state index contributed by atoms with van der Waals surface area (Å²) in [6, 6.07) is -0.718. The van der Waals surface area contributed by atoms with Crippen molar-refractivity contribution in [2.24, 2.45) is 0 Å². The third kappa shape index (κ3) is 17.1. The highest BCUT2D eigenvalue weighted by atomic mass is 16.7. The molecule has 0 aromatic heterocycles. The molecule has 1 amide bonds. The van der Waals surface area contributed by atoms with Gasteiger partial charge in [0, 0.05) is 6.42 Å². The molecule has 1 heterocycles. The van der Waals surface area contributed by atoms with Crippen molar-refractivity contribution in [1.82, 2.24) is 5.32 Å². The van der Waals surface area contributed by atoms with E-state index in [1.54, 1.807) is 0 Å². The van der Waals surface area contributed by atoms with Crippen LogP contribution >= 0.6 is 0 Å². The van der Waals surface area contributed by atoms with Gasteiger partial charge in [0.1, 0.15) is 24.4 Å². The number of carbonyl (C=O) groups excluding carboxylic acids is 1. The molecule has 0 aromatic rings. The Labute approximate surface area is 254 Å². The molecule has 0 bridgehead atoms. The molecule has 1 saturated heterocycles. The maximum atomic E-state index is 12.7. The predicted octanol–water partition coefficient (Wildman–Crippen LogP) is 4.43. The van der Waals surface area contributed by atoms with Crippen LogP contribution in [0.2, 0.25) is 0 Å². The monoisotopic (exact) mass is 599 g/mol. The van der Waals surface area contributed by atoms with Crippen molar-refractivity contribution in [1.29, 1.82) is 0 Å². The second-order valence-corrected chi connectivity index (χ2v) is 11.6. The first kappa shape index (κ1) is 38.7. The smallest absolute Gasteiger partial charge is 0.220 e. The van der Waals surface area contributed by atoms with Crippen molar-refractivity contribution in [2.75, 3.05) is 13.2 Å². The SMILES string of the molecule is CCCCC/C=C\C/C=C\CCCCCCCC(=O)NC(COC1OC(CO)C(O)C(O)C1O)C(O)CCCCCC. The Kier molecular flexibility index (Phi) is 23.1. The van der Waals surface area contributed by atoms with Crippen molar-refractivity contribution in [3.63, 3.8) is 0 Å². The number of ether oxygens (including phenoxy) is 2. The van der Waals surface area contributed by atoms with E-state index >= 15 is 0 Å². The molecular weight excluding hydrogens is 538 g/mol. The number of amides is 1. The topological polar surface area (TPSA) is 149 Å². The van der Waals surface area contributed by atoms with E-state index in [2.05, 4.69) is 43.5 Å². The molecule has 0 radical (unpaired) electrons. The maximum Gasteiger partial charge on any atom is 0.220 e. The van der Waals surface area contributed by atoms with Crippen LogP contribution in [0.3, 0.4) is 0 Å². The number of carbonyl (C=O) groups is 1. The summed E-state index contributed by atoms with van der Waals surface area (Å²) in [6.07, 6.45) is 18.1. The Morgan fingerprint density at radius 1 is 0.810 bits per heavy atom. The number of hydrogen-bond acceptors (Lipinski definition) is 8. The predicted molar refractivity (Wildman–Crippen MR) is 166 cm³/mol. The van der Waals surface area contributed by atoms with E-state index < -0.39 is 49.5 Å². The van der Waals surface area contributed by atoms with Crippen molar-refractivity contribution < 1.29 is 39.8 Å². The summed E-state index contributed by atoms with van der Waals surface area (Å²) in [6.45, 7) is 3.63. The van der Waals surface area contributed by atoms with Gasteiger partial charge in [0.25, 0.3) is 0 Å². The lowest BCUT2D eigenvalue weighted by molar-refractivity contribution is -0.302. The summed E-state index contributed by atoms with van der Waals surface area (Å²) in [5.74, 6) is -0.171. The molecule has 1 aliphatic rings. The second kappa shape index (κ2) is 25.0. The molecule has 1 fully saturated rings. The summed E-state index contributed by atoms with van der Waals surface area (Å²) in [4.78, 5) is 12.7. The zero-order valence-corrected chi connectivity index (χ0v) is 26.2. The lowest BCUT2D eigenvalue weighted by atomic mass is 9.99. The Morgan fingerprint density at radius 2 is 1.40 bits per heavy atom. The third-order valence-corrected chi connectivity index (χ3v) is 7.81. The molecule has 1 aliphatic heterocycles. The van der Waals surface area contributed by atoms with Crippen LogP contribution in [0.15, 0.2) is 24.3 Å². The molecule has 6 N–H and O–H groups in total. The number of unbranched alkanes of at least 4 members (excludes halogenated alkanes) is 11. The normalized spacial score (nSPS) is 24.4. The molecule has 0 aliphatic carbocycles. The number of nitrogens with one attached hydrogen (secondary N) is 1. The first-order valence-corrected chi connectivity index (χ1v) is 16.5. The van der Waals surface area contributed by atoms with Gasteiger partial charge in [-0.25, -0.2) is 0 Å². The molecule has 7 atom stereocenters. The van der Waals surface area contributed by atoms with Crippen molar-refractivity contribution in [2.45, 2.75) is 166 Å². The van der Waals surface area contributed by atoms with E-state index in [0.717, 1.165) is 70.6 Å². The van der Waals surface area contributed by atoms with E-state index in [1.807, 2.05) is 0 Å². The van der Waals surface area contributed by atoms with Crippen LogP contribution in [0.4, 0.5) is 0 Å². The van der Waals surface area contributed by atoms with Crippen LogP contribution < -0.4 is 5.32 Å².